The lowest BCUT2D eigenvalue weighted by Gasteiger charge is -2.07. The molecule has 0 aliphatic rings. The highest BCUT2D eigenvalue weighted by Crippen LogP contribution is 2.19. The summed E-state index contributed by atoms with van der Waals surface area (Å²) in [6, 6.07) is 0.532. The van der Waals surface area contributed by atoms with Crippen LogP contribution in [0.2, 0.25) is 5.02 Å². The van der Waals surface area contributed by atoms with E-state index in [9.17, 15) is 9.59 Å². The van der Waals surface area contributed by atoms with Gasteiger partial charge in [-0.3, -0.25) is 9.59 Å². The topological polar surface area (TPSA) is 106 Å². The summed E-state index contributed by atoms with van der Waals surface area (Å²) >= 11 is 5.64. The highest BCUT2D eigenvalue weighted by molar-refractivity contribution is 6.31. The SMILES string of the molecule is [2H]C([2H])(C(=O)c1ccc(Cl)cc1N)[C@]([2H])(N)C(=O)O. The molecule has 16 heavy (non-hydrogen) atoms. The van der Waals surface area contributed by atoms with E-state index in [0.717, 1.165) is 6.07 Å². The van der Waals surface area contributed by atoms with Gasteiger partial charge in [0.15, 0.2) is 5.78 Å². The Kier molecular flexibility index (Phi) is 2.65. The minimum Gasteiger partial charge on any atom is -0.480 e. The van der Waals surface area contributed by atoms with Crippen LogP contribution in [0.3, 0.4) is 0 Å². The molecule has 6 heteroatoms. The summed E-state index contributed by atoms with van der Waals surface area (Å²) in [4.78, 5) is 22.8. The number of hydrogen-bond acceptors (Lipinski definition) is 4. The zero-order chi connectivity index (χ0) is 15.0. The number of carboxylic acid groups (broad SMARTS) is 1. The Hall–Kier alpha value is -1.59. The molecular formula is C10H11ClN2O3. The van der Waals surface area contributed by atoms with Crippen LogP contribution in [0, 0.1) is 0 Å². The highest BCUT2D eigenvalue weighted by Gasteiger charge is 2.18. The minimum atomic E-state index is -3.15. The minimum absolute atomic E-state index is 0.123. The molecule has 0 spiro atoms. The third-order valence-electron chi connectivity index (χ3n) is 1.74. The molecule has 1 aromatic rings. The average Bonchev–Trinajstić information content (AvgIpc) is 2.27. The smallest absolute Gasteiger partial charge is 0.320 e. The number of carbonyl (C=O) groups excluding carboxylic acids is 1. The van der Waals surface area contributed by atoms with Gasteiger partial charge in [0.1, 0.15) is 6.02 Å². The van der Waals surface area contributed by atoms with Crippen molar-refractivity contribution in [1.82, 2.24) is 0 Å². The second kappa shape index (κ2) is 4.96. The summed E-state index contributed by atoms with van der Waals surface area (Å²) in [5, 5.41) is 8.96. The Bertz CT molecular complexity index is 549. The Morgan fingerprint density at radius 1 is 1.62 bits per heavy atom. The summed E-state index contributed by atoms with van der Waals surface area (Å²) in [7, 11) is 0. The van der Waals surface area contributed by atoms with Crippen molar-refractivity contribution in [3.8, 4) is 0 Å². The van der Waals surface area contributed by atoms with Crippen molar-refractivity contribution in [2.45, 2.75) is 12.4 Å². The first kappa shape index (κ1) is 8.55. The van der Waals surface area contributed by atoms with Gasteiger partial charge in [-0.05, 0) is 18.2 Å². The van der Waals surface area contributed by atoms with E-state index in [4.69, 9.17) is 32.3 Å². The number of halogens is 1. The second-order valence-corrected chi connectivity index (χ2v) is 3.34. The van der Waals surface area contributed by atoms with Crippen LogP contribution in [-0.2, 0) is 4.79 Å². The zero-order valence-electron chi connectivity index (χ0n) is 11.0. The maximum atomic E-state index is 12.0. The molecule has 0 radical (unpaired) electrons. The fourth-order valence-electron chi connectivity index (χ4n) is 0.983. The average molecular weight is 246 g/mol. The van der Waals surface area contributed by atoms with Gasteiger partial charge in [0, 0.05) is 25.4 Å². The molecule has 0 amide bonds. The molecule has 0 heterocycles. The number of aliphatic carboxylic acids is 1. The summed E-state index contributed by atoms with van der Waals surface area (Å²) < 4.78 is 22.3. The Morgan fingerprint density at radius 3 is 2.75 bits per heavy atom. The van der Waals surface area contributed by atoms with Gasteiger partial charge in [-0.1, -0.05) is 11.6 Å². The van der Waals surface area contributed by atoms with E-state index in [1.54, 1.807) is 0 Å². The quantitative estimate of drug-likeness (QED) is 0.540. The molecule has 0 fully saturated rings. The lowest BCUT2D eigenvalue weighted by Crippen LogP contribution is -2.32. The first-order chi connectivity index (χ1) is 8.51. The standard InChI is InChI=1S/C10H11ClN2O3/c11-5-1-2-6(7(12)3-5)9(14)4-8(13)10(15)16/h1-3,8H,4,12-13H2,(H,15,16)/t8-/m0/s1/i4D2,8D. The predicted octanol–water partition coefficient (Wildman–Crippen LogP) is 0.907. The maximum Gasteiger partial charge on any atom is 0.320 e. The van der Waals surface area contributed by atoms with Crippen molar-refractivity contribution in [3.05, 3.63) is 28.8 Å². The number of benzene rings is 1. The molecule has 0 aliphatic heterocycles. The van der Waals surface area contributed by atoms with Crippen molar-refractivity contribution in [3.63, 3.8) is 0 Å². The number of rotatable bonds is 4. The molecule has 0 aliphatic carbocycles. The van der Waals surface area contributed by atoms with E-state index in [2.05, 4.69) is 0 Å². The van der Waals surface area contributed by atoms with E-state index in [-0.39, 0.29) is 16.3 Å². The van der Waals surface area contributed by atoms with Gasteiger partial charge < -0.3 is 16.6 Å². The van der Waals surface area contributed by atoms with Gasteiger partial charge in [-0.15, -0.1) is 0 Å². The second-order valence-electron chi connectivity index (χ2n) is 2.90. The van der Waals surface area contributed by atoms with Gasteiger partial charge in [0.25, 0.3) is 0 Å². The number of hydrogen-bond donors (Lipinski definition) is 3. The molecule has 0 unspecified atom stereocenters. The van der Waals surface area contributed by atoms with Crippen molar-refractivity contribution < 1.29 is 18.8 Å². The maximum absolute atomic E-state index is 12.0. The molecular weight excluding hydrogens is 232 g/mol. The molecule has 0 saturated heterocycles. The van der Waals surface area contributed by atoms with Gasteiger partial charge in [0.05, 0.1) is 1.37 Å². The molecule has 0 bridgehead atoms. The first-order valence-corrected chi connectivity index (χ1v) is 4.51. The van der Waals surface area contributed by atoms with Crippen LogP contribution in [0.15, 0.2) is 18.2 Å². The first-order valence-electron chi connectivity index (χ1n) is 5.64. The van der Waals surface area contributed by atoms with Gasteiger partial charge in [-0.25, -0.2) is 0 Å². The van der Waals surface area contributed by atoms with Gasteiger partial charge >= 0.3 is 5.97 Å². The number of nitrogen functional groups attached to an aromatic ring is 1. The summed E-state index contributed by atoms with van der Waals surface area (Å²) in [5.74, 6) is -3.25. The lowest BCUT2D eigenvalue weighted by atomic mass is 10.0. The molecule has 1 aromatic carbocycles. The van der Waals surface area contributed by atoms with Crippen molar-refractivity contribution >= 4 is 29.0 Å². The van der Waals surface area contributed by atoms with Crippen molar-refractivity contribution in [2.24, 2.45) is 5.73 Å². The van der Waals surface area contributed by atoms with E-state index in [0.29, 0.717) is 0 Å². The molecule has 86 valence electrons. The molecule has 1 atom stereocenters. The fourth-order valence-corrected chi connectivity index (χ4v) is 1.16. The van der Waals surface area contributed by atoms with Gasteiger partial charge in [-0.2, -0.15) is 0 Å². The highest BCUT2D eigenvalue weighted by atomic mass is 35.5. The summed E-state index contributed by atoms with van der Waals surface area (Å²) in [6.45, 7) is 0. The lowest BCUT2D eigenvalue weighted by molar-refractivity contribution is -0.138. The number of ketones is 1. The van der Waals surface area contributed by atoms with Crippen molar-refractivity contribution in [1.29, 1.82) is 0 Å². The summed E-state index contributed by atoms with van der Waals surface area (Å²) in [5.41, 5.74) is 10.2. The number of carbonyl (C=O) groups is 2. The molecule has 1 rings (SSSR count). The van der Waals surface area contributed by atoms with E-state index < -0.39 is 24.1 Å². The third-order valence-corrected chi connectivity index (χ3v) is 1.97. The van der Waals surface area contributed by atoms with Crippen LogP contribution in [-0.4, -0.2) is 22.9 Å². The Balaban J connectivity index is 3.29. The molecule has 5 N–H and O–H groups in total. The Labute approximate surface area is 101 Å². The third kappa shape index (κ3) is 2.95. The largest absolute Gasteiger partial charge is 0.480 e. The van der Waals surface area contributed by atoms with Crippen LogP contribution >= 0.6 is 11.6 Å². The summed E-state index contributed by atoms with van der Waals surface area (Å²) in [6.07, 6.45) is -3.15. The van der Waals surface area contributed by atoms with Crippen LogP contribution < -0.4 is 11.5 Å². The van der Waals surface area contributed by atoms with Crippen LogP contribution in [0.5, 0.6) is 0 Å². The van der Waals surface area contributed by atoms with Crippen LogP contribution in [0.4, 0.5) is 5.69 Å². The van der Waals surface area contributed by atoms with Crippen LogP contribution in [0.25, 0.3) is 0 Å². The van der Waals surface area contributed by atoms with Crippen LogP contribution in [0.1, 0.15) is 20.8 Å². The van der Waals surface area contributed by atoms with E-state index in [1.165, 1.54) is 12.1 Å². The van der Waals surface area contributed by atoms with Gasteiger partial charge in [0.2, 0.25) is 0 Å². The normalized spacial score (nSPS) is 17.8. The van der Waals surface area contributed by atoms with E-state index >= 15 is 0 Å². The molecule has 5 nitrogen and oxygen atoms in total. The zero-order valence-corrected chi connectivity index (χ0v) is 8.78. The number of nitrogens with two attached hydrogens (primary N) is 2. The molecule has 0 aromatic heterocycles. The Morgan fingerprint density at radius 2 is 2.25 bits per heavy atom. The number of anilines is 1. The monoisotopic (exact) mass is 245 g/mol. The molecule has 0 saturated carbocycles. The van der Waals surface area contributed by atoms with E-state index in [1.807, 2.05) is 0 Å². The fraction of sp³-hybridized carbons (Fsp3) is 0.200. The van der Waals surface area contributed by atoms with Crippen molar-refractivity contribution in [2.75, 3.05) is 5.73 Å². The predicted molar refractivity (Wildman–Crippen MR) is 60.4 cm³/mol. The number of carboxylic acids is 1. The number of Topliss-reactive ketones (excluding diaryl/α,β-unsaturated/α-hetero) is 1.